The fraction of sp³-hybridized carbons (Fsp3) is 0.278. The van der Waals surface area contributed by atoms with E-state index < -0.39 is 0 Å². The van der Waals surface area contributed by atoms with E-state index in [0.717, 1.165) is 23.1 Å². The molecule has 0 atom stereocenters. The molecule has 2 rings (SSSR count). The van der Waals surface area contributed by atoms with Crippen molar-refractivity contribution in [2.45, 2.75) is 12.8 Å². The molecule has 2 N–H and O–H groups in total. The lowest BCUT2D eigenvalue weighted by Gasteiger charge is -2.08. The zero-order valence-electron chi connectivity index (χ0n) is 13.1. The number of hydrogen-bond donors (Lipinski definition) is 2. The molecule has 4 nitrogen and oxygen atoms in total. The highest BCUT2D eigenvalue weighted by Crippen LogP contribution is 2.11. The molecule has 2 aromatic carbocycles. The van der Waals surface area contributed by atoms with Crippen molar-refractivity contribution < 1.29 is 9.53 Å². The Hall–Kier alpha value is -2.01. The summed E-state index contributed by atoms with van der Waals surface area (Å²) < 4.78 is 6.18. The molecule has 2 aromatic rings. The first-order valence-corrected chi connectivity index (χ1v) is 8.36. The van der Waals surface area contributed by atoms with Crippen molar-refractivity contribution in [1.82, 2.24) is 10.6 Å². The first-order chi connectivity index (χ1) is 11.2. The van der Waals surface area contributed by atoms with Gasteiger partial charge in [0.25, 0.3) is 0 Å². The van der Waals surface area contributed by atoms with E-state index >= 15 is 0 Å². The Labute approximate surface area is 145 Å². The third-order valence-electron chi connectivity index (χ3n) is 3.47. The average molecular weight is 377 g/mol. The largest absolute Gasteiger partial charge is 0.497 e. The molecule has 0 spiro atoms. The Kier molecular flexibility index (Phi) is 6.94. The van der Waals surface area contributed by atoms with Crippen LogP contribution >= 0.6 is 15.9 Å². The number of ether oxygens (including phenoxy) is 1. The van der Waals surface area contributed by atoms with Gasteiger partial charge in [-0.3, -0.25) is 0 Å². The number of hydrogen-bond acceptors (Lipinski definition) is 2. The van der Waals surface area contributed by atoms with Crippen LogP contribution in [0.1, 0.15) is 11.1 Å². The highest BCUT2D eigenvalue weighted by atomic mass is 79.9. The lowest BCUT2D eigenvalue weighted by Crippen LogP contribution is -2.37. The van der Waals surface area contributed by atoms with Crippen LogP contribution in [0, 0.1) is 0 Å². The minimum absolute atomic E-state index is 0.129. The van der Waals surface area contributed by atoms with Crippen LogP contribution in [0.4, 0.5) is 4.79 Å². The average Bonchev–Trinajstić information content (AvgIpc) is 2.57. The van der Waals surface area contributed by atoms with E-state index in [1.165, 1.54) is 11.1 Å². The van der Waals surface area contributed by atoms with Crippen molar-refractivity contribution in [2.75, 3.05) is 20.2 Å². The summed E-state index contributed by atoms with van der Waals surface area (Å²) in [6, 6.07) is 15.8. The Morgan fingerprint density at radius 2 is 1.39 bits per heavy atom. The number of benzene rings is 2. The molecule has 0 bridgehead atoms. The summed E-state index contributed by atoms with van der Waals surface area (Å²) in [4.78, 5) is 11.7. The van der Waals surface area contributed by atoms with Gasteiger partial charge in [-0.1, -0.05) is 40.2 Å². The summed E-state index contributed by atoms with van der Waals surface area (Å²) >= 11 is 3.41. The molecule has 122 valence electrons. The van der Waals surface area contributed by atoms with Crippen LogP contribution in [0.2, 0.25) is 0 Å². The third kappa shape index (κ3) is 6.32. The molecule has 0 unspecified atom stereocenters. The molecule has 0 fully saturated rings. The first-order valence-electron chi connectivity index (χ1n) is 7.56. The van der Waals surface area contributed by atoms with E-state index in [0.29, 0.717) is 13.1 Å². The third-order valence-corrected chi connectivity index (χ3v) is 4.00. The molecule has 0 aliphatic heterocycles. The van der Waals surface area contributed by atoms with Gasteiger partial charge in [-0.25, -0.2) is 4.79 Å². The SMILES string of the molecule is COc1ccc(CCNC(=O)NCCc2ccc(Br)cc2)cc1. The Balaban J connectivity index is 1.62. The van der Waals surface area contributed by atoms with Crippen LogP contribution in [0.5, 0.6) is 5.75 Å². The zero-order chi connectivity index (χ0) is 16.5. The highest BCUT2D eigenvalue weighted by molar-refractivity contribution is 9.10. The van der Waals surface area contributed by atoms with Crippen molar-refractivity contribution >= 4 is 22.0 Å². The van der Waals surface area contributed by atoms with E-state index in [-0.39, 0.29) is 6.03 Å². The fourth-order valence-electron chi connectivity index (χ4n) is 2.15. The summed E-state index contributed by atoms with van der Waals surface area (Å²) in [7, 11) is 1.65. The van der Waals surface area contributed by atoms with Gasteiger partial charge >= 0.3 is 6.03 Å². The van der Waals surface area contributed by atoms with Crippen molar-refractivity contribution in [3.63, 3.8) is 0 Å². The second-order valence-corrected chi connectivity index (χ2v) is 6.07. The summed E-state index contributed by atoms with van der Waals surface area (Å²) in [6.45, 7) is 1.23. The zero-order valence-corrected chi connectivity index (χ0v) is 14.7. The normalized spacial score (nSPS) is 10.2. The van der Waals surface area contributed by atoms with E-state index in [9.17, 15) is 4.79 Å². The molecule has 0 aliphatic rings. The predicted octanol–water partition coefficient (Wildman–Crippen LogP) is 3.54. The molecular formula is C18H21BrN2O2. The second kappa shape index (κ2) is 9.20. The number of methoxy groups -OCH3 is 1. The van der Waals surface area contributed by atoms with E-state index in [2.05, 4.69) is 26.6 Å². The van der Waals surface area contributed by atoms with Gasteiger partial charge in [0.1, 0.15) is 5.75 Å². The molecule has 2 amide bonds. The predicted molar refractivity (Wildman–Crippen MR) is 95.9 cm³/mol. The van der Waals surface area contributed by atoms with Crippen LogP contribution in [-0.4, -0.2) is 26.2 Å². The van der Waals surface area contributed by atoms with Gasteiger partial charge in [0.15, 0.2) is 0 Å². The maximum absolute atomic E-state index is 11.7. The molecule has 0 heterocycles. The summed E-state index contributed by atoms with van der Waals surface area (Å²) in [5, 5.41) is 5.73. The van der Waals surface area contributed by atoms with Crippen LogP contribution in [0.25, 0.3) is 0 Å². The Morgan fingerprint density at radius 1 is 0.913 bits per heavy atom. The molecule has 0 aromatic heterocycles. The van der Waals surface area contributed by atoms with Crippen molar-refractivity contribution in [3.05, 3.63) is 64.1 Å². The minimum atomic E-state index is -0.129. The van der Waals surface area contributed by atoms with Crippen molar-refractivity contribution in [1.29, 1.82) is 0 Å². The molecule has 5 heteroatoms. The number of halogens is 1. The summed E-state index contributed by atoms with van der Waals surface area (Å²) in [5.74, 6) is 0.840. The van der Waals surface area contributed by atoms with Gasteiger partial charge in [-0.2, -0.15) is 0 Å². The smallest absolute Gasteiger partial charge is 0.314 e. The van der Waals surface area contributed by atoms with Gasteiger partial charge in [0, 0.05) is 17.6 Å². The maximum atomic E-state index is 11.7. The quantitative estimate of drug-likeness (QED) is 0.776. The topological polar surface area (TPSA) is 50.4 Å². The van der Waals surface area contributed by atoms with Crippen molar-refractivity contribution in [3.8, 4) is 5.75 Å². The van der Waals surface area contributed by atoms with Crippen LogP contribution in [-0.2, 0) is 12.8 Å². The summed E-state index contributed by atoms with van der Waals surface area (Å²) in [5.41, 5.74) is 2.37. The number of nitrogens with one attached hydrogen (secondary N) is 2. The second-order valence-electron chi connectivity index (χ2n) is 5.16. The lowest BCUT2D eigenvalue weighted by molar-refractivity contribution is 0.241. The highest BCUT2D eigenvalue weighted by Gasteiger charge is 2.00. The minimum Gasteiger partial charge on any atom is -0.497 e. The van der Waals surface area contributed by atoms with Crippen LogP contribution in [0.15, 0.2) is 53.0 Å². The van der Waals surface area contributed by atoms with Crippen molar-refractivity contribution in [2.24, 2.45) is 0 Å². The number of urea groups is 1. The van der Waals surface area contributed by atoms with Gasteiger partial charge in [-0.15, -0.1) is 0 Å². The summed E-state index contributed by atoms with van der Waals surface area (Å²) in [6.07, 6.45) is 1.61. The number of amides is 2. The molecular weight excluding hydrogens is 356 g/mol. The van der Waals surface area contributed by atoms with Gasteiger partial charge in [-0.05, 0) is 48.2 Å². The monoisotopic (exact) mass is 376 g/mol. The van der Waals surface area contributed by atoms with Gasteiger partial charge in [0.05, 0.1) is 7.11 Å². The first kappa shape index (κ1) is 17.3. The molecule has 0 radical (unpaired) electrons. The van der Waals surface area contributed by atoms with Crippen LogP contribution < -0.4 is 15.4 Å². The molecule has 0 saturated carbocycles. The Morgan fingerprint density at radius 3 is 1.87 bits per heavy atom. The molecule has 0 saturated heterocycles. The maximum Gasteiger partial charge on any atom is 0.314 e. The Bertz CT molecular complexity index is 612. The number of carbonyl (C=O) groups excluding carboxylic acids is 1. The van der Waals surface area contributed by atoms with E-state index in [4.69, 9.17) is 4.74 Å². The van der Waals surface area contributed by atoms with Gasteiger partial charge in [0.2, 0.25) is 0 Å². The fourth-order valence-corrected chi connectivity index (χ4v) is 2.41. The molecule has 23 heavy (non-hydrogen) atoms. The van der Waals surface area contributed by atoms with E-state index in [1.807, 2.05) is 48.5 Å². The van der Waals surface area contributed by atoms with Gasteiger partial charge < -0.3 is 15.4 Å². The van der Waals surface area contributed by atoms with Crippen LogP contribution in [0.3, 0.4) is 0 Å². The number of carbonyl (C=O) groups is 1. The lowest BCUT2D eigenvalue weighted by atomic mass is 10.1. The standard InChI is InChI=1S/C18H21BrN2O2/c1-23-17-8-4-15(5-9-17)11-13-21-18(22)20-12-10-14-2-6-16(19)7-3-14/h2-9H,10-13H2,1H3,(H2,20,21,22). The molecule has 0 aliphatic carbocycles. The van der Waals surface area contributed by atoms with E-state index in [1.54, 1.807) is 7.11 Å². The number of rotatable bonds is 7.